The Morgan fingerprint density at radius 1 is 1.16 bits per heavy atom. The Kier molecular flexibility index (Phi) is 7.85. The van der Waals surface area contributed by atoms with Gasteiger partial charge in [-0.1, -0.05) is 0 Å². The molecule has 0 aromatic heterocycles. The molecule has 0 unspecified atom stereocenters. The Bertz CT molecular complexity index is 681. The fraction of sp³-hybridized carbons (Fsp3) is 0.588. The molecule has 0 heterocycles. The summed E-state index contributed by atoms with van der Waals surface area (Å²) < 4.78 is 37.9. The number of methoxy groups -OCH3 is 2. The maximum Gasteiger partial charge on any atom is 0.251 e. The normalized spacial score (nSPS) is 12.0. The lowest BCUT2D eigenvalue weighted by Gasteiger charge is -2.21. The maximum absolute atomic E-state index is 12.6. The largest absolute Gasteiger partial charge is 0.495 e. The summed E-state index contributed by atoms with van der Waals surface area (Å²) in [5, 5.41) is 2.77. The summed E-state index contributed by atoms with van der Waals surface area (Å²) in [5.41, 5.74) is -0.384. The predicted molar refractivity (Wildman–Crippen MR) is 96.5 cm³/mol. The first-order chi connectivity index (χ1) is 11.6. The molecular weight excluding hydrogens is 344 g/mol. The second kappa shape index (κ2) is 9.17. The van der Waals surface area contributed by atoms with Gasteiger partial charge < -0.3 is 14.8 Å². The number of nitrogens with one attached hydrogen (secondary N) is 2. The van der Waals surface area contributed by atoms with Gasteiger partial charge in [0.05, 0.1) is 7.11 Å². The highest BCUT2D eigenvalue weighted by atomic mass is 32.2. The van der Waals surface area contributed by atoms with E-state index in [1.165, 1.54) is 19.2 Å². The number of carbonyl (C=O) groups is 1. The van der Waals surface area contributed by atoms with Crippen LogP contribution in [0.2, 0.25) is 0 Å². The van der Waals surface area contributed by atoms with Crippen LogP contribution in [0.15, 0.2) is 23.1 Å². The number of unbranched alkanes of at least 4 members (excludes halogenated alkanes) is 1. The summed E-state index contributed by atoms with van der Waals surface area (Å²) in [6.45, 7) is 6.37. The van der Waals surface area contributed by atoms with E-state index in [2.05, 4.69) is 10.0 Å². The van der Waals surface area contributed by atoms with Crippen molar-refractivity contribution < 1.29 is 22.7 Å². The molecular formula is C17H28N2O5S. The number of amides is 1. The zero-order valence-corrected chi connectivity index (χ0v) is 16.3. The van der Waals surface area contributed by atoms with E-state index in [1.807, 2.05) is 0 Å². The summed E-state index contributed by atoms with van der Waals surface area (Å²) in [5.74, 6) is -0.138. The van der Waals surface area contributed by atoms with Gasteiger partial charge in [-0.25, -0.2) is 13.1 Å². The third kappa shape index (κ3) is 7.01. The van der Waals surface area contributed by atoms with Gasteiger partial charge in [-0.05, 0) is 51.8 Å². The fourth-order valence-electron chi connectivity index (χ4n) is 2.16. The molecule has 0 bridgehead atoms. The summed E-state index contributed by atoms with van der Waals surface area (Å²) >= 11 is 0. The third-order valence-electron chi connectivity index (χ3n) is 3.22. The SMILES string of the molecule is COCCCCNC(=O)c1ccc(OC)c(S(=O)(=O)NC(C)(C)C)c1. The van der Waals surface area contributed by atoms with Gasteiger partial charge in [0.15, 0.2) is 0 Å². The van der Waals surface area contributed by atoms with Gasteiger partial charge in [0.25, 0.3) is 5.91 Å². The molecule has 0 saturated carbocycles. The van der Waals surface area contributed by atoms with Crippen molar-refractivity contribution >= 4 is 15.9 Å². The van der Waals surface area contributed by atoms with Crippen molar-refractivity contribution in [3.05, 3.63) is 23.8 Å². The second-order valence-corrected chi connectivity index (χ2v) is 8.33. The van der Waals surface area contributed by atoms with Crippen LogP contribution >= 0.6 is 0 Å². The second-order valence-electron chi connectivity index (χ2n) is 6.68. The van der Waals surface area contributed by atoms with Crippen molar-refractivity contribution in [2.24, 2.45) is 0 Å². The minimum Gasteiger partial charge on any atom is -0.495 e. The minimum atomic E-state index is -3.82. The van der Waals surface area contributed by atoms with Crippen LogP contribution in [0.4, 0.5) is 0 Å². The number of benzene rings is 1. The van der Waals surface area contributed by atoms with E-state index in [4.69, 9.17) is 9.47 Å². The molecule has 25 heavy (non-hydrogen) atoms. The summed E-state index contributed by atoms with van der Waals surface area (Å²) in [4.78, 5) is 12.2. The Hall–Kier alpha value is -1.64. The van der Waals surface area contributed by atoms with Crippen LogP contribution < -0.4 is 14.8 Å². The average molecular weight is 372 g/mol. The van der Waals surface area contributed by atoms with E-state index in [0.29, 0.717) is 13.2 Å². The van der Waals surface area contributed by atoms with Crippen LogP contribution in [-0.2, 0) is 14.8 Å². The monoisotopic (exact) mass is 372 g/mol. The van der Waals surface area contributed by atoms with Crippen molar-refractivity contribution in [3.8, 4) is 5.75 Å². The summed E-state index contributed by atoms with van der Waals surface area (Å²) in [7, 11) is -0.802. The van der Waals surface area contributed by atoms with E-state index in [1.54, 1.807) is 33.9 Å². The number of sulfonamides is 1. The Balaban J connectivity index is 2.97. The molecule has 1 rings (SSSR count). The number of ether oxygens (including phenoxy) is 2. The van der Waals surface area contributed by atoms with Crippen molar-refractivity contribution in [1.82, 2.24) is 10.0 Å². The van der Waals surface area contributed by atoms with Gasteiger partial charge in [-0.15, -0.1) is 0 Å². The lowest BCUT2D eigenvalue weighted by molar-refractivity contribution is 0.0951. The highest BCUT2D eigenvalue weighted by molar-refractivity contribution is 7.89. The summed E-state index contributed by atoms with van der Waals surface area (Å²) in [6.07, 6.45) is 1.63. The smallest absolute Gasteiger partial charge is 0.251 e. The Morgan fingerprint density at radius 2 is 1.84 bits per heavy atom. The van der Waals surface area contributed by atoms with Crippen LogP contribution in [0.5, 0.6) is 5.75 Å². The standard InChI is InChI=1S/C17H28N2O5S/c1-17(2,3)19-25(21,22)15-12-13(8-9-14(15)24-5)16(20)18-10-6-7-11-23-4/h8-9,12,19H,6-7,10-11H2,1-5H3,(H,18,20). The number of carbonyl (C=O) groups excluding carboxylic acids is 1. The number of hydrogen-bond acceptors (Lipinski definition) is 5. The molecule has 0 aliphatic heterocycles. The van der Waals surface area contributed by atoms with E-state index >= 15 is 0 Å². The molecule has 0 atom stereocenters. The van der Waals surface area contributed by atoms with Gasteiger partial charge in [0, 0.05) is 31.4 Å². The van der Waals surface area contributed by atoms with Crippen LogP contribution in [-0.4, -0.2) is 47.2 Å². The third-order valence-corrected chi connectivity index (χ3v) is 5.00. The lowest BCUT2D eigenvalue weighted by atomic mass is 10.1. The molecule has 0 spiro atoms. The molecule has 0 fully saturated rings. The highest BCUT2D eigenvalue weighted by Gasteiger charge is 2.26. The quantitative estimate of drug-likeness (QED) is 0.646. The molecule has 1 aromatic carbocycles. The lowest BCUT2D eigenvalue weighted by Crippen LogP contribution is -2.40. The maximum atomic E-state index is 12.6. The van der Waals surface area contributed by atoms with E-state index in [0.717, 1.165) is 12.8 Å². The first-order valence-electron chi connectivity index (χ1n) is 8.10. The van der Waals surface area contributed by atoms with E-state index in [9.17, 15) is 13.2 Å². The first-order valence-corrected chi connectivity index (χ1v) is 9.58. The summed E-state index contributed by atoms with van der Waals surface area (Å²) in [6, 6.07) is 4.36. The zero-order valence-electron chi connectivity index (χ0n) is 15.5. The first kappa shape index (κ1) is 21.4. The topological polar surface area (TPSA) is 93.7 Å². The van der Waals surface area contributed by atoms with Crippen LogP contribution in [0, 0.1) is 0 Å². The molecule has 142 valence electrons. The Morgan fingerprint density at radius 3 is 2.40 bits per heavy atom. The molecule has 1 aromatic rings. The van der Waals surface area contributed by atoms with E-state index < -0.39 is 15.6 Å². The fourth-order valence-corrected chi connectivity index (χ4v) is 3.78. The predicted octanol–water partition coefficient (Wildman–Crippen LogP) is 1.93. The average Bonchev–Trinajstić information content (AvgIpc) is 2.51. The molecule has 1 amide bonds. The van der Waals surface area contributed by atoms with Crippen molar-refractivity contribution in [2.45, 2.75) is 44.0 Å². The molecule has 0 aliphatic rings. The van der Waals surface area contributed by atoms with Gasteiger partial charge in [0.1, 0.15) is 10.6 Å². The van der Waals surface area contributed by atoms with Crippen molar-refractivity contribution in [2.75, 3.05) is 27.4 Å². The molecule has 8 heteroatoms. The Labute approximate surface area is 150 Å². The van der Waals surface area contributed by atoms with Gasteiger partial charge in [0.2, 0.25) is 10.0 Å². The molecule has 0 aliphatic carbocycles. The molecule has 2 N–H and O–H groups in total. The highest BCUT2D eigenvalue weighted by Crippen LogP contribution is 2.26. The van der Waals surface area contributed by atoms with Crippen LogP contribution in [0.3, 0.4) is 0 Å². The number of hydrogen-bond donors (Lipinski definition) is 2. The van der Waals surface area contributed by atoms with Crippen LogP contribution in [0.25, 0.3) is 0 Å². The van der Waals surface area contributed by atoms with Gasteiger partial charge >= 0.3 is 0 Å². The molecule has 7 nitrogen and oxygen atoms in total. The minimum absolute atomic E-state index is 0.0584. The van der Waals surface area contributed by atoms with E-state index in [-0.39, 0.29) is 22.1 Å². The molecule has 0 saturated heterocycles. The molecule has 0 radical (unpaired) electrons. The van der Waals surface area contributed by atoms with Gasteiger partial charge in [-0.2, -0.15) is 0 Å². The van der Waals surface area contributed by atoms with Crippen molar-refractivity contribution in [1.29, 1.82) is 0 Å². The van der Waals surface area contributed by atoms with Crippen LogP contribution in [0.1, 0.15) is 44.0 Å². The van der Waals surface area contributed by atoms with Gasteiger partial charge in [-0.3, -0.25) is 4.79 Å². The zero-order chi connectivity index (χ0) is 19.1. The number of rotatable bonds is 9. The van der Waals surface area contributed by atoms with Crippen molar-refractivity contribution in [3.63, 3.8) is 0 Å².